The van der Waals surface area contributed by atoms with Crippen LogP contribution in [-0.4, -0.2) is 122 Å². The molecule has 5 aliphatic carbocycles. The summed E-state index contributed by atoms with van der Waals surface area (Å²) >= 11 is 0. The number of hydrogen-bond donors (Lipinski definition) is 2. The van der Waals surface area contributed by atoms with Gasteiger partial charge in [0.1, 0.15) is 17.3 Å². The summed E-state index contributed by atoms with van der Waals surface area (Å²) in [6, 6.07) is 5.96. The lowest BCUT2D eigenvalue weighted by atomic mass is 9.42. The molecule has 1 aromatic carbocycles. The standard InChI is InChI=1S/C38H50N2O11/c1-7-39-17-35(18-50-33(44)21-10-8-9-11-24(21)40-27(42)14-19(2)32(40)43)13-12-26(47-4)37-23-15-22-25(51-20(3)41)16-36(45,28(23)29(22)48-5)38(46,34(37)39)31(49-6)30(35)37/h8-11,19,22-23,25-26,28-31,34,45-46H,7,12-18H2,1-6H3/t19-,22+,23?,25-,26-,28?,29-,30?,31-,34+,35-,36+,37-,38-/m0/s1. The second kappa shape index (κ2) is 11.8. The maximum Gasteiger partial charge on any atom is 0.340 e. The molecule has 7 bridgehead atoms. The fourth-order valence-electron chi connectivity index (χ4n) is 13.2. The van der Waals surface area contributed by atoms with E-state index in [1.165, 1.54) is 6.92 Å². The first-order valence-electron chi connectivity index (χ1n) is 18.4. The first-order valence-corrected chi connectivity index (χ1v) is 18.4. The van der Waals surface area contributed by atoms with Crippen molar-refractivity contribution in [3.8, 4) is 0 Å². The summed E-state index contributed by atoms with van der Waals surface area (Å²) < 4.78 is 31.1. The molecule has 8 rings (SSSR count). The summed E-state index contributed by atoms with van der Waals surface area (Å²) in [6.45, 7) is 6.10. The molecule has 14 atom stereocenters. The van der Waals surface area contributed by atoms with E-state index in [-0.39, 0.29) is 66.4 Å². The van der Waals surface area contributed by atoms with E-state index in [1.54, 1.807) is 52.5 Å². The number of nitrogens with zero attached hydrogens (tertiary/aromatic N) is 2. The highest BCUT2D eigenvalue weighted by Crippen LogP contribution is 2.80. The molecule has 1 spiro atoms. The Morgan fingerprint density at radius 2 is 1.80 bits per heavy atom. The van der Waals surface area contributed by atoms with Crippen LogP contribution in [0.1, 0.15) is 63.2 Å². The zero-order valence-corrected chi connectivity index (χ0v) is 30.2. The van der Waals surface area contributed by atoms with E-state index in [9.17, 15) is 29.4 Å². The van der Waals surface area contributed by atoms with Gasteiger partial charge in [-0.05, 0) is 43.9 Å². The van der Waals surface area contributed by atoms with Gasteiger partial charge >= 0.3 is 11.9 Å². The molecule has 2 N–H and O–H groups in total. The minimum Gasteiger partial charge on any atom is -0.462 e. The lowest BCUT2D eigenvalue weighted by Gasteiger charge is -2.70. The van der Waals surface area contributed by atoms with Gasteiger partial charge in [0.25, 0.3) is 0 Å². The molecular formula is C38H50N2O11. The van der Waals surface area contributed by atoms with E-state index in [4.69, 9.17) is 23.7 Å². The van der Waals surface area contributed by atoms with Crippen molar-refractivity contribution in [1.29, 1.82) is 0 Å². The van der Waals surface area contributed by atoms with Crippen molar-refractivity contribution < 1.29 is 53.1 Å². The molecular weight excluding hydrogens is 660 g/mol. The van der Waals surface area contributed by atoms with E-state index in [0.717, 1.165) is 4.90 Å². The number of likely N-dealkylation sites (tertiary alicyclic amines) is 1. The molecule has 278 valence electrons. The van der Waals surface area contributed by atoms with E-state index < -0.39 is 70.2 Å². The Morgan fingerprint density at radius 1 is 1.06 bits per heavy atom. The van der Waals surface area contributed by atoms with Crippen LogP contribution < -0.4 is 4.90 Å². The minimum absolute atomic E-state index is 0.0104. The van der Waals surface area contributed by atoms with Crippen LogP contribution in [0.15, 0.2) is 24.3 Å². The Bertz CT molecular complexity index is 1650. The monoisotopic (exact) mass is 710 g/mol. The zero-order chi connectivity index (χ0) is 36.4. The maximum absolute atomic E-state index is 14.1. The van der Waals surface area contributed by atoms with Gasteiger partial charge in [-0.25, -0.2) is 9.69 Å². The van der Waals surface area contributed by atoms with Gasteiger partial charge in [-0.1, -0.05) is 26.0 Å². The predicted molar refractivity (Wildman–Crippen MR) is 179 cm³/mol. The summed E-state index contributed by atoms with van der Waals surface area (Å²) in [4.78, 5) is 55.6. The summed E-state index contributed by atoms with van der Waals surface area (Å²) in [6.07, 6.45) is -0.365. The Balaban J connectivity index is 1.23. The summed E-state index contributed by atoms with van der Waals surface area (Å²) in [5.74, 6) is -3.55. The van der Waals surface area contributed by atoms with E-state index in [1.807, 2.05) is 6.92 Å². The number of carbonyl (C=O) groups excluding carboxylic acids is 4. The number of para-hydroxylation sites is 1. The first kappa shape index (κ1) is 35.1. The number of esters is 2. The Kier molecular flexibility index (Phi) is 8.11. The van der Waals surface area contributed by atoms with Crippen LogP contribution in [0.5, 0.6) is 0 Å². The normalized spacial score (nSPS) is 46.4. The minimum atomic E-state index is -1.82. The number of likely N-dealkylation sites (N-methyl/N-ethyl adjacent to an activating group) is 1. The van der Waals surface area contributed by atoms with E-state index in [0.29, 0.717) is 32.4 Å². The van der Waals surface area contributed by atoms with Gasteiger partial charge in [0.15, 0.2) is 0 Å². The van der Waals surface area contributed by atoms with Crippen molar-refractivity contribution in [2.75, 3.05) is 45.9 Å². The zero-order valence-electron chi connectivity index (χ0n) is 30.2. The molecule has 7 fully saturated rings. The SMILES string of the molecule is CCN1C[C@]2(COC(=O)c3ccccc3N3C(=O)C[C@H](C)C3=O)CC[C@H](OC)[C@]34C5C[C@@H]6[C@@H](OC(C)=O)C[C@@](O)(C5[C@H]6OC)[C@@](O)([C@H]13)[C@@H](OC)C24. The maximum atomic E-state index is 14.1. The third-order valence-electron chi connectivity index (χ3n) is 14.5. The number of carbonyl (C=O) groups is 4. The Morgan fingerprint density at radius 3 is 2.43 bits per heavy atom. The van der Waals surface area contributed by atoms with E-state index in [2.05, 4.69) is 4.90 Å². The highest BCUT2D eigenvalue weighted by Gasteiger charge is 2.91. The Hall–Kier alpha value is -2.94. The molecule has 2 heterocycles. The van der Waals surface area contributed by atoms with Crippen molar-refractivity contribution in [2.24, 2.45) is 40.4 Å². The second-order valence-corrected chi connectivity index (χ2v) is 16.3. The average molecular weight is 711 g/mol. The second-order valence-electron chi connectivity index (χ2n) is 16.3. The van der Waals surface area contributed by atoms with Crippen LogP contribution >= 0.6 is 0 Å². The molecule has 1 aromatic rings. The number of hydrogen-bond acceptors (Lipinski definition) is 12. The molecule has 3 unspecified atom stereocenters. The first-order chi connectivity index (χ1) is 24.3. The fourth-order valence-corrected chi connectivity index (χ4v) is 13.2. The van der Waals surface area contributed by atoms with Gasteiger partial charge in [-0.15, -0.1) is 0 Å². The number of aliphatic hydroxyl groups is 2. The number of benzene rings is 1. The number of fused-ring (bicyclic) bond motifs is 2. The van der Waals surface area contributed by atoms with Crippen LogP contribution in [0, 0.1) is 40.4 Å². The number of rotatable bonds is 9. The molecule has 13 heteroatoms. The van der Waals surface area contributed by atoms with Crippen LogP contribution in [-0.2, 0) is 38.1 Å². The number of piperidine rings is 1. The lowest BCUT2D eigenvalue weighted by molar-refractivity contribution is -0.319. The third kappa shape index (κ3) is 4.19. The van der Waals surface area contributed by atoms with Crippen LogP contribution in [0.3, 0.4) is 0 Å². The number of anilines is 1. The van der Waals surface area contributed by atoms with Gasteiger partial charge in [0, 0.05) is 82.1 Å². The molecule has 51 heavy (non-hydrogen) atoms. The summed E-state index contributed by atoms with van der Waals surface area (Å²) in [5.41, 5.74) is -4.67. The molecule has 2 amide bonds. The highest BCUT2D eigenvalue weighted by molar-refractivity contribution is 6.22. The lowest BCUT2D eigenvalue weighted by Crippen LogP contribution is -2.82. The van der Waals surface area contributed by atoms with Crippen molar-refractivity contribution in [2.45, 2.75) is 94.5 Å². The largest absolute Gasteiger partial charge is 0.462 e. The number of imide groups is 1. The molecule has 5 saturated carbocycles. The van der Waals surface area contributed by atoms with Crippen molar-refractivity contribution >= 4 is 29.4 Å². The number of amides is 2. The fraction of sp³-hybridized carbons (Fsp3) is 0.737. The molecule has 2 saturated heterocycles. The van der Waals surface area contributed by atoms with Crippen molar-refractivity contribution in [3.05, 3.63) is 29.8 Å². The number of ether oxygens (including phenoxy) is 5. The summed E-state index contributed by atoms with van der Waals surface area (Å²) in [5, 5.41) is 26.7. The van der Waals surface area contributed by atoms with Crippen LogP contribution in [0.25, 0.3) is 0 Å². The molecule has 0 radical (unpaired) electrons. The van der Waals surface area contributed by atoms with Crippen LogP contribution in [0.4, 0.5) is 5.69 Å². The molecule has 7 aliphatic rings. The Labute approximate surface area is 297 Å². The van der Waals surface area contributed by atoms with Gasteiger partial charge < -0.3 is 33.9 Å². The number of methoxy groups -OCH3 is 3. The molecule has 0 aromatic heterocycles. The topological polar surface area (TPSA) is 161 Å². The third-order valence-corrected chi connectivity index (χ3v) is 14.5. The van der Waals surface area contributed by atoms with Crippen molar-refractivity contribution in [1.82, 2.24) is 4.90 Å². The highest BCUT2D eigenvalue weighted by atomic mass is 16.6. The van der Waals surface area contributed by atoms with Crippen LogP contribution in [0.2, 0.25) is 0 Å². The molecule has 13 nitrogen and oxygen atoms in total. The average Bonchev–Trinajstić information content (AvgIpc) is 3.64. The predicted octanol–water partition coefficient (Wildman–Crippen LogP) is 1.95. The van der Waals surface area contributed by atoms with Gasteiger partial charge in [-0.2, -0.15) is 0 Å². The smallest absolute Gasteiger partial charge is 0.340 e. The van der Waals surface area contributed by atoms with Gasteiger partial charge in [0.05, 0.1) is 42.2 Å². The van der Waals surface area contributed by atoms with Gasteiger partial charge in [-0.3, -0.25) is 19.3 Å². The van der Waals surface area contributed by atoms with E-state index >= 15 is 0 Å². The van der Waals surface area contributed by atoms with Gasteiger partial charge in [0.2, 0.25) is 11.8 Å². The quantitative estimate of drug-likeness (QED) is 0.284. The summed E-state index contributed by atoms with van der Waals surface area (Å²) in [7, 11) is 4.88. The van der Waals surface area contributed by atoms with Crippen molar-refractivity contribution in [3.63, 3.8) is 0 Å². The molecule has 2 aliphatic heterocycles.